The zero-order valence-electron chi connectivity index (χ0n) is 11.2. The molecule has 0 aromatic carbocycles. The third kappa shape index (κ3) is 2.67. The number of nitrogens with zero attached hydrogens (tertiary/aromatic N) is 1. The van der Waals surface area contributed by atoms with Gasteiger partial charge in [0.1, 0.15) is 0 Å². The van der Waals surface area contributed by atoms with Crippen LogP contribution in [-0.4, -0.2) is 43.3 Å². The Bertz CT molecular complexity index is 282. The summed E-state index contributed by atoms with van der Waals surface area (Å²) >= 11 is 0. The zero-order valence-corrected chi connectivity index (χ0v) is 11.2. The molecule has 0 bridgehead atoms. The van der Waals surface area contributed by atoms with Crippen LogP contribution in [0.3, 0.4) is 0 Å². The lowest BCUT2D eigenvalue weighted by Crippen LogP contribution is -2.58. The van der Waals surface area contributed by atoms with Crippen molar-refractivity contribution < 1.29 is 13.2 Å². The van der Waals surface area contributed by atoms with E-state index < -0.39 is 17.5 Å². The second kappa shape index (κ2) is 5.00. The molecule has 0 unspecified atom stereocenters. The molecule has 1 spiro atoms. The molecule has 1 atom stereocenters. The van der Waals surface area contributed by atoms with Crippen LogP contribution in [-0.2, 0) is 0 Å². The molecule has 0 amide bonds. The zero-order chi connectivity index (χ0) is 13.4. The molecule has 2 heterocycles. The Hall–Kier alpha value is -0.290. The maximum Gasteiger partial charge on any atom is 0.392 e. The number of likely N-dealkylation sites (tertiary alicyclic amines) is 1. The van der Waals surface area contributed by atoms with Crippen molar-refractivity contribution in [2.75, 3.05) is 26.2 Å². The highest BCUT2D eigenvalue weighted by Gasteiger charge is 2.55. The van der Waals surface area contributed by atoms with Gasteiger partial charge in [0.05, 0.1) is 5.92 Å². The van der Waals surface area contributed by atoms with E-state index in [-0.39, 0.29) is 6.42 Å². The highest BCUT2D eigenvalue weighted by atomic mass is 19.4. The van der Waals surface area contributed by atoms with Crippen LogP contribution in [0, 0.1) is 11.3 Å². The topological polar surface area (TPSA) is 15.3 Å². The Morgan fingerprint density at radius 2 is 1.83 bits per heavy atom. The average Bonchev–Trinajstić information content (AvgIpc) is 2.28. The van der Waals surface area contributed by atoms with Crippen molar-refractivity contribution in [1.29, 1.82) is 0 Å². The lowest BCUT2D eigenvalue weighted by molar-refractivity contribution is -0.229. The standard InChI is InChI=1S/C13H23F3N2/c1-10(2)18-8-3-11(13(14,15)16)12(9-18)4-6-17-7-5-12/h10-11,17H,3-9H2,1-2H3/t11-/m0/s1. The molecule has 0 aliphatic carbocycles. The summed E-state index contributed by atoms with van der Waals surface area (Å²) in [5.41, 5.74) is -0.550. The average molecular weight is 264 g/mol. The normalized spacial score (nSPS) is 30.0. The van der Waals surface area contributed by atoms with E-state index in [9.17, 15) is 13.2 Å². The first-order valence-corrected chi connectivity index (χ1v) is 6.87. The van der Waals surface area contributed by atoms with E-state index in [1.54, 1.807) is 0 Å². The van der Waals surface area contributed by atoms with Gasteiger partial charge in [-0.1, -0.05) is 0 Å². The summed E-state index contributed by atoms with van der Waals surface area (Å²) in [6, 6.07) is 0.339. The largest absolute Gasteiger partial charge is 0.392 e. The van der Waals surface area contributed by atoms with Gasteiger partial charge in [0, 0.05) is 12.6 Å². The Morgan fingerprint density at radius 1 is 1.22 bits per heavy atom. The minimum Gasteiger partial charge on any atom is -0.317 e. The molecule has 18 heavy (non-hydrogen) atoms. The fraction of sp³-hybridized carbons (Fsp3) is 1.00. The van der Waals surface area contributed by atoms with Gasteiger partial charge in [0.2, 0.25) is 0 Å². The van der Waals surface area contributed by atoms with Crippen molar-refractivity contribution in [1.82, 2.24) is 10.2 Å². The molecular weight excluding hydrogens is 241 g/mol. The number of piperidine rings is 2. The van der Waals surface area contributed by atoms with Gasteiger partial charge in [-0.05, 0) is 58.2 Å². The van der Waals surface area contributed by atoms with Crippen LogP contribution in [0.2, 0.25) is 0 Å². The second-order valence-corrected chi connectivity index (χ2v) is 6.06. The fourth-order valence-corrected chi connectivity index (χ4v) is 3.58. The monoisotopic (exact) mass is 264 g/mol. The van der Waals surface area contributed by atoms with E-state index in [2.05, 4.69) is 24.1 Å². The first-order chi connectivity index (χ1) is 8.35. The van der Waals surface area contributed by atoms with Crippen molar-refractivity contribution in [3.05, 3.63) is 0 Å². The quantitative estimate of drug-likeness (QED) is 0.783. The molecule has 2 nitrogen and oxygen atoms in total. The number of rotatable bonds is 1. The minimum atomic E-state index is -4.04. The van der Waals surface area contributed by atoms with Crippen molar-refractivity contribution in [3.8, 4) is 0 Å². The van der Waals surface area contributed by atoms with E-state index >= 15 is 0 Å². The predicted octanol–water partition coefficient (Wildman–Crippen LogP) is 2.65. The molecule has 2 rings (SSSR count). The number of hydrogen-bond donors (Lipinski definition) is 1. The van der Waals surface area contributed by atoms with Gasteiger partial charge in [-0.25, -0.2) is 0 Å². The molecule has 1 N–H and O–H groups in total. The van der Waals surface area contributed by atoms with Crippen molar-refractivity contribution in [3.63, 3.8) is 0 Å². The van der Waals surface area contributed by atoms with Gasteiger partial charge in [0.25, 0.3) is 0 Å². The highest BCUT2D eigenvalue weighted by Crippen LogP contribution is 2.50. The summed E-state index contributed by atoms with van der Waals surface area (Å²) in [6.45, 7) is 6.77. The summed E-state index contributed by atoms with van der Waals surface area (Å²) in [6.07, 6.45) is -2.47. The maximum atomic E-state index is 13.3. The molecule has 106 valence electrons. The molecule has 0 saturated carbocycles. The smallest absolute Gasteiger partial charge is 0.317 e. The van der Waals surface area contributed by atoms with Gasteiger partial charge in [-0.15, -0.1) is 0 Å². The Morgan fingerprint density at radius 3 is 2.33 bits per heavy atom. The SMILES string of the molecule is CC(C)N1CC[C@H](C(F)(F)F)C2(CCNCC2)C1. The Labute approximate surface area is 107 Å². The van der Waals surface area contributed by atoms with Crippen LogP contribution in [0.5, 0.6) is 0 Å². The van der Waals surface area contributed by atoms with Crippen LogP contribution in [0.4, 0.5) is 13.2 Å². The number of alkyl halides is 3. The van der Waals surface area contributed by atoms with Crippen LogP contribution in [0.25, 0.3) is 0 Å². The Balaban J connectivity index is 2.20. The third-order valence-electron chi connectivity index (χ3n) is 4.69. The van der Waals surface area contributed by atoms with E-state index in [4.69, 9.17) is 0 Å². The highest BCUT2D eigenvalue weighted by molar-refractivity contribution is 4.99. The van der Waals surface area contributed by atoms with Gasteiger partial charge in [-0.2, -0.15) is 13.2 Å². The van der Waals surface area contributed by atoms with Crippen LogP contribution in [0.1, 0.15) is 33.1 Å². The number of halogens is 3. The molecule has 0 radical (unpaired) electrons. The first-order valence-electron chi connectivity index (χ1n) is 6.87. The van der Waals surface area contributed by atoms with Gasteiger partial charge in [-0.3, -0.25) is 0 Å². The van der Waals surface area contributed by atoms with Crippen LogP contribution < -0.4 is 5.32 Å². The molecule has 0 aromatic heterocycles. The molecular formula is C13H23F3N2. The molecule has 0 aromatic rings. The van der Waals surface area contributed by atoms with E-state index in [1.807, 2.05) is 0 Å². The molecule has 2 aliphatic rings. The number of hydrogen-bond acceptors (Lipinski definition) is 2. The van der Waals surface area contributed by atoms with E-state index in [0.29, 0.717) is 32.0 Å². The van der Waals surface area contributed by atoms with Crippen molar-refractivity contribution in [2.45, 2.75) is 45.3 Å². The maximum absolute atomic E-state index is 13.3. The minimum absolute atomic E-state index is 0.266. The van der Waals surface area contributed by atoms with Crippen molar-refractivity contribution in [2.24, 2.45) is 11.3 Å². The Kier molecular flexibility index (Phi) is 3.93. The van der Waals surface area contributed by atoms with Gasteiger partial charge in [0.15, 0.2) is 0 Å². The van der Waals surface area contributed by atoms with E-state index in [1.165, 1.54) is 0 Å². The first kappa shape index (κ1) is 14.1. The van der Waals surface area contributed by atoms with Crippen LogP contribution in [0.15, 0.2) is 0 Å². The summed E-state index contributed by atoms with van der Waals surface area (Å²) < 4.78 is 39.8. The molecule has 2 aliphatic heterocycles. The predicted molar refractivity (Wildman–Crippen MR) is 65.4 cm³/mol. The van der Waals surface area contributed by atoms with Gasteiger partial charge >= 0.3 is 6.18 Å². The van der Waals surface area contributed by atoms with Crippen molar-refractivity contribution >= 4 is 0 Å². The molecule has 2 saturated heterocycles. The van der Waals surface area contributed by atoms with Gasteiger partial charge < -0.3 is 10.2 Å². The summed E-state index contributed by atoms with van der Waals surface area (Å²) in [7, 11) is 0. The summed E-state index contributed by atoms with van der Waals surface area (Å²) in [5.74, 6) is -1.11. The number of nitrogens with one attached hydrogen (secondary N) is 1. The molecule has 5 heteroatoms. The lowest BCUT2D eigenvalue weighted by Gasteiger charge is -2.52. The second-order valence-electron chi connectivity index (χ2n) is 6.06. The lowest BCUT2D eigenvalue weighted by atomic mass is 9.65. The third-order valence-corrected chi connectivity index (χ3v) is 4.69. The van der Waals surface area contributed by atoms with Crippen LogP contribution >= 0.6 is 0 Å². The summed E-state index contributed by atoms with van der Waals surface area (Å²) in [5, 5.41) is 3.19. The summed E-state index contributed by atoms with van der Waals surface area (Å²) in [4.78, 5) is 2.22. The van der Waals surface area contributed by atoms with E-state index in [0.717, 1.165) is 13.1 Å². The molecule has 2 fully saturated rings. The fourth-order valence-electron chi connectivity index (χ4n) is 3.58.